The monoisotopic (exact) mass is 485 g/mol. The van der Waals surface area contributed by atoms with Crippen LogP contribution in [-0.4, -0.2) is 59.1 Å². The highest BCUT2D eigenvalue weighted by molar-refractivity contribution is 5.85. The van der Waals surface area contributed by atoms with Gasteiger partial charge in [0.15, 0.2) is 5.82 Å². The third-order valence-electron chi connectivity index (χ3n) is 6.60. The third-order valence-corrected chi connectivity index (χ3v) is 6.60. The van der Waals surface area contributed by atoms with Crippen LogP contribution in [0.2, 0.25) is 0 Å². The summed E-state index contributed by atoms with van der Waals surface area (Å²) in [6.07, 6.45) is 2.98. The number of nitrogens with one attached hydrogen (secondary N) is 1. The summed E-state index contributed by atoms with van der Waals surface area (Å²) < 4.78 is 7.32. The first-order valence-corrected chi connectivity index (χ1v) is 12.5. The van der Waals surface area contributed by atoms with E-state index in [2.05, 4.69) is 32.9 Å². The number of ether oxygens (including phenoxy) is 1. The number of para-hydroxylation sites is 2. The second-order valence-corrected chi connectivity index (χ2v) is 8.94. The van der Waals surface area contributed by atoms with Gasteiger partial charge in [-0.25, -0.2) is 9.78 Å². The highest BCUT2D eigenvalue weighted by Crippen LogP contribution is 2.26. The van der Waals surface area contributed by atoms with E-state index in [0.29, 0.717) is 26.2 Å². The highest BCUT2D eigenvalue weighted by atomic mass is 16.5. The molecule has 2 aromatic carbocycles. The molecule has 3 heterocycles. The molecule has 36 heavy (non-hydrogen) atoms. The van der Waals surface area contributed by atoms with Crippen molar-refractivity contribution in [3.05, 3.63) is 78.5 Å². The standard InChI is InChI=1S/C28H31N5O3/c1-2-36-26(34)20-23(21-10-4-3-5-11-21)30-28(35)32-16-9-15-31(18-19-32)27-25-14-8-17-33(25)24-13-7-6-12-22(24)29-27/h3-8,10-14,17,23H,2,9,15-16,18-20H2,1H3,(H,30,35). The van der Waals surface area contributed by atoms with E-state index < -0.39 is 6.04 Å². The fourth-order valence-electron chi connectivity index (χ4n) is 4.84. The molecular weight excluding hydrogens is 454 g/mol. The number of fused-ring (bicyclic) bond motifs is 3. The Bertz CT molecular complexity index is 1350. The van der Waals surface area contributed by atoms with Crippen LogP contribution in [0.3, 0.4) is 0 Å². The molecule has 0 bridgehead atoms. The van der Waals surface area contributed by atoms with Crippen molar-refractivity contribution in [1.29, 1.82) is 0 Å². The van der Waals surface area contributed by atoms with E-state index in [4.69, 9.17) is 9.72 Å². The minimum Gasteiger partial charge on any atom is -0.466 e. The molecule has 4 aromatic rings. The van der Waals surface area contributed by atoms with Crippen LogP contribution in [0.1, 0.15) is 31.4 Å². The van der Waals surface area contributed by atoms with Crippen molar-refractivity contribution in [2.45, 2.75) is 25.8 Å². The maximum absolute atomic E-state index is 13.3. The SMILES string of the molecule is CCOC(=O)CC(NC(=O)N1CCCN(c2nc3ccccc3n3cccc23)CC1)c1ccccc1. The number of amides is 2. The highest BCUT2D eigenvalue weighted by Gasteiger charge is 2.25. The van der Waals surface area contributed by atoms with Crippen molar-refractivity contribution in [2.75, 3.05) is 37.7 Å². The summed E-state index contributed by atoms with van der Waals surface area (Å²) in [6, 6.07) is 21.2. The Kier molecular flexibility index (Phi) is 7.02. The van der Waals surface area contributed by atoms with Gasteiger partial charge < -0.3 is 24.3 Å². The van der Waals surface area contributed by atoms with Crippen molar-refractivity contribution in [3.63, 3.8) is 0 Å². The topological polar surface area (TPSA) is 79.2 Å². The summed E-state index contributed by atoms with van der Waals surface area (Å²) >= 11 is 0. The summed E-state index contributed by atoms with van der Waals surface area (Å²) in [5, 5.41) is 3.07. The van der Waals surface area contributed by atoms with Gasteiger partial charge >= 0.3 is 12.0 Å². The van der Waals surface area contributed by atoms with E-state index in [1.807, 2.05) is 59.5 Å². The Morgan fingerprint density at radius 3 is 2.56 bits per heavy atom. The van der Waals surface area contributed by atoms with E-state index in [-0.39, 0.29) is 18.4 Å². The molecule has 186 valence electrons. The van der Waals surface area contributed by atoms with Gasteiger partial charge in [0.05, 0.1) is 35.6 Å². The van der Waals surface area contributed by atoms with E-state index in [1.165, 1.54) is 0 Å². The van der Waals surface area contributed by atoms with Gasteiger partial charge in [0.2, 0.25) is 0 Å². The van der Waals surface area contributed by atoms with Crippen molar-refractivity contribution >= 4 is 34.4 Å². The number of carbonyl (C=O) groups excluding carboxylic acids is 2. The molecule has 1 fully saturated rings. The molecule has 1 aliphatic heterocycles. The van der Waals surface area contributed by atoms with Crippen LogP contribution in [0.5, 0.6) is 0 Å². The fraction of sp³-hybridized carbons (Fsp3) is 0.321. The second kappa shape index (κ2) is 10.7. The van der Waals surface area contributed by atoms with Crippen molar-refractivity contribution < 1.29 is 14.3 Å². The first-order valence-electron chi connectivity index (χ1n) is 12.5. The molecule has 0 saturated carbocycles. The van der Waals surface area contributed by atoms with Crippen LogP contribution in [0.15, 0.2) is 72.9 Å². The zero-order chi connectivity index (χ0) is 24.9. The average molecular weight is 486 g/mol. The molecule has 8 heteroatoms. The van der Waals surface area contributed by atoms with Gasteiger partial charge in [-0.2, -0.15) is 0 Å². The molecule has 8 nitrogen and oxygen atoms in total. The lowest BCUT2D eigenvalue weighted by Crippen LogP contribution is -2.44. The number of esters is 1. The van der Waals surface area contributed by atoms with E-state index >= 15 is 0 Å². The van der Waals surface area contributed by atoms with Crippen molar-refractivity contribution in [2.24, 2.45) is 0 Å². The first-order chi connectivity index (χ1) is 17.6. The van der Waals surface area contributed by atoms with Crippen molar-refractivity contribution in [3.8, 4) is 0 Å². The predicted octanol–water partition coefficient (Wildman–Crippen LogP) is 4.40. The van der Waals surface area contributed by atoms with Gasteiger partial charge in [-0.1, -0.05) is 42.5 Å². The Labute approximate surface area is 210 Å². The molecule has 1 atom stereocenters. The smallest absolute Gasteiger partial charge is 0.317 e. The molecule has 1 N–H and O–H groups in total. The molecule has 1 saturated heterocycles. The number of rotatable bonds is 6. The number of urea groups is 1. The van der Waals surface area contributed by atoms with Gasteiger partial charge in [0, 0.05) is 32.4 Å². The number of aromatic nitrogens is 2. The second-order valence-electron chi connectivity index (χ2n) is 8.94. The average Bonchev–Trinajstić information content (AvgIpc) is 3.27. The van der Waals surface area contributed by atoms with E-state index in [0.717, 1.165) is 40.9 Å². The zero-order valence-electron chi connectivity index (χ0n) is 20.5. The summed E-state index contributed by atoms with van der Waals surface area (Å²) in [6.45, 7) is 4.77. The number of benzene rings is 2. The largest absolute Gasteiger partial charge is 0.466 e. The number of carbonyl (C=O) groups is 2. The van der Waals surface area contributed by atoms with Gasteiger partial charge in [-0.3, -0.25) is 4.79 Å². The van der Waals surface area contributed by atoms with Crippen molar-refractivity contribution in [1.82, 2.24) is 19.6 Å². The van der Waals surface area contributed by atoms with Crippen LogP contribution >= 0.6 is 0 Å². The molecule has 1 unspecified atom stereocenters. The molecule has 5 rings (SSSR count). The number of anilines is 1. The summed E-state index contributed by atoms with van der Waals surface area (Å²) in [5.41, 5.74) is 3.96. The molecule has 2 amide bonds. The predicted molar refractivity (Wildman–Crippen MR) is 140 cm³/mol. The van der Waals surface area contributed by atoms with E-state index in [1.54, 1.807) is 6.92 Å². The summed E-state index contributed by atoms with van der Waals surface area (Å²) in [4.78, 5) is 34.6. The number of hydrogen-bond donors (Lipinski definition) is 1. The van der Waals surface area contributed by atoms with Gasteiger partial charge in [0.1, 0.15) is 0 Å². The lowest BCUT2D eigenvalue weighted by atomic mass is 10.0. The maximum Gasteiger partial charge on any atom is 0.317 e. The Balaban J connectivity index is 1.31. The molecule has 0 aliphatic carbocycles. The van der Waals surface area contributed by atoms with Crippen LogP contribution in [0, 0.1) is 0 Å². The molecule has 2 aromatic heterocycles. The van der Waals surface area contributed by atoms with E-state index in [9.17, 15) is 9.59 Å². The lowest BCUT2D eigenvalue weighted by molar-refractivity contribution is -0.143. The maximum atomic E-state index is 13.3. The molecule has 0 radical (unpaired) electrons. The Hall–Kier alpha value is -4.07. The first kappa shape index (κ1) is 23.7. The Morgan fingerprint density at radius 2 is 1.72 bits per heavy atom. The number of hydrogen-bond acceptors (Lipinski definition) is 5. The van der Waals surface area contributed by atoms with Crippen LogP contribution in [0.4, 0.5) is 10.6 Å². The molecular formula is C28H31N5O3. The third kappa shape index (κ3) is 4.98. The van der Waals surface area contributed by atoms with Crippen LogP contribution in [0.25, 0.3) is 16.6 Å². The van der Waals surface area contributed by atoms with Gasteiger partial charge in [-0.15, -0.1) is 0 Å². The quantitative estimate of drug-likeness (QED) is 0.410. The summed E-state index contributed by atoms with van der Waals surface area (Å²) in [5.74, 6) is 0.609. The lowest BCUT2D eigenvalue weighted by Gasteiger charge is -2.26. The molecule has 1 aliphatic rings. The number of nitrogens with zero attached hydrogens (tertiary/aromatic N) is 4. The normalized spacial score (nSPS) is 15.0. The van der Waals surface area contributed by atoms with Crippen LogP contribution < -0.4 is 10.2 Å². The van der Waals surface area contributed by atoms with Gasteiger partial charge in [0.25, 0.3) is 0 Å². The fourth-order valence-corrected chi connectivity index (χ4v) is 4.84. The minimum absolute atomic E-state index is 0.0940. The zero-order valence-corrected chi connectivity index (χ0v) is 20.5. The molecule has 0 spiro atoms. The van der Waals surface area contributed by atoms with Crippen LogP contribution in [-0.2, 0) is 9.53 Å². The van der Waals surface area contributed by atoms with Gasteiger partial charge in [-0.05, 0) is 43.2 Å². The summed E-state index contributed by atoms with van der Waals surface area (Å²) in [7, 11) is 0. The minimum atomic E-state index is -0.445. The Morgan fingerprint density at radius 1 is 0.944 bits per heavy atom.